The van der Waals surface area contributed by atoms with Gasteiger partial charge in [0.05, 0.1) is 12.7 Å². The van der Waals surface area contributed by atoms with Crippen LogP contribution >= 0.6 is 23.5 Å². The van der Waals surface area contributed by atoms with Gasteiger partial charge in [-0.05, 0) is 18.1 Å². The standard InChI is InChI=1S/C10H15N8O11P3/c11-9-8-10(18(5-14-9)16-15-12)17(4-13-8)7-2-1-6(27-7)3-26-31(22,23)29-32(24,25)28-30(19,20)21/h4-7,11H,1-3H2,(H,22,23)(H,24,25)(H2,19,20,21)/t6-,7+/m0/s1. The molecule has 0 aliphatic carbocycles. The molecule has 0 amide bonds. The van der Waals surface area contributed by atoms with Crippen LogP contribution in [0, 0.1) is 5.41 Å². The second-order valence-electron chi connectivity index (χ2n) is 6.12. The minimum Gasteiger partial charge on any atom is -0.352 e. The quantitative estimate of drug-likeness (QED) is 0.134. The third-order valence-corrected chi connectivity index (χ3v) is 7.68. The Morgan fingerprint density at radius 1 is 1.19 bits per heavy atom. The molecule has 22 heteroatoms. The van der Waals surface area contributed by atoms with Crippen molar-refractivity contribution in [2.75, 3.05) is 6.61 Å². The third kappa shape index (κ3) is 6.08. The number of azide groups is 1. The van der Waals surface area contributed by atoms with Crippen LogP contribution in [0.5, 0.6) is 0 Å². The summed E-state index contributed by atoms with van der Waals surface area (Å²) in [5, 5.41) is 11.2. The topological polar surface area (TPSA) is 277 Å². The normalized spacial score (nSPS) is 22.9. The maximum absolute atomic E-state index is 11.8. The Hall–Kier alpha value is -1.97. The smallest absolute Gasteiger partial charge is 0.352 e. The molecule has 0 radical (unpaired) electrons. The first-order valence-corrected chi connectivity index (χ1v) is 12.8. The molecule has 4 atom stereocenters. The molecule has 1 saturated heterocycles. The number of phosphoric ester groups is 1. The van der Waals surface area contributed by atoms with Crippen LogP contribution in [0.25, 0.3) is 21.6 Å². The largest absolute Gasteiger partial charge is 0.490 e. The summed E-state index contributed by atoms with van der Waals surface area (Å²) in [5.41, 5.74) is 8.87. The van der Waals surface area contributed by atoms with Gasteiger partial charge in [0.15, 0.2) is 17.3 Å². The van der Waals surface area contributed by atoms with Gasteiger partial charge in [0, 0.05) is 0 Å². The minimum atomic E-state index is -5.61. The van der Waals surface area contributed by atoms with Gasteiger partial charge in [0.2, 0.25) is 5.65 Å². The number of imidazole rings is 1. The molecule has 1 aliphatic rings. The molecular formula is C10H15N8O11P3. The molecule has 0 spiro atoms. The highest BCUT2D eigenvalue weighted by atomic mass is 31.3. The summed E-state index contributed by atoms with van der Waals surface area (Å²) in [6.07, 6.45) is 1.53. The maximum Gasteiger partial charge on any atom is 0.490 e. The first-order chi connectivity index (χ1) is 14.8. The number of phosphoric acid groups is 3. The van der Waals surface area contributed by atoms with Crippen molar-refractivity contribution in [3.63, 3.8) is 0 Å². The zero-order chi connectivity index (χ0) is 23.7. The van der Waals surface area contributed by atoms with Crippen LogP contribution in [0.4, 0.5) is 0 Å². The fraction of sp³-hybridized carbons (Fsp3) is 0.500. The summed E-state index contributed by atoms with van der Waals surface area (Å²) in [6.45, 7) is -0.603. The van der Waals surface area contributed by atoms with E-state index in [0.717, 1.165) is 11.0 Å². The van der Waals surface area contributed by atoms with E-state index in [9.17, 15) is 18.6 Å². The van der Waals surface area contributed by atoms with E-state index in [2.05, 4.69) is 33.2 Å². The number of nitrogens with zero attached hydrogens (tertiary/aromatic N) is 7. The first kappa shape index (κ1) is 24.7. The van der Waals surface area contributed by atoms with Gasteiger partial charge < -0.3 is 24.3 Å². The number of ether oxygens (including phenoxy) is 1. The number of hydrogen-bond donors (Lipinski definition) is 5. The Labute approximate surface area is 176 Å². The molecule has 2 aromatic rings. The number of nitrogens with one attached hydrogen (secondary N) is 1. The van der Waals surface area contributed by atoms with Crippen LogP contribution in [0.3, 0.4) is 0 Å². The molecule has 5 N–H and O–H groups in total. The van der Waals surface area contributed by atoms with Crippen molar-refractivity contribution in [1.82, 2.24) is 19.2 Å². The lowest BCUT2D eigenvalue weighted by Gasteiger charge is -2.18. The van der Waals surface area contributed by atoms with Gasteiger partial charge in [-0.1, -0.05) is 0 Å². The SMILES string of the molecule is [N-]=[N+]=Nn1cnc(=N)c2ncn([C@H]3CC[C@@H](COP(=O)(O)OP(=O)(O)OP(=O)(O)O)O3)c21. The fourth-order valence-electron chi connectivity index (χ4n) is 2.79. The molecular weight excluding hydrogens is 501 g/mol. The average Bonchev–Trinajstić information content (AvgIpc) is 3.26. The van der Waals surface area contributed by atoms with Gasteiger partial charge in [-0.2, -0.15) is 23.2 Å². The van der Waals surface area contributed by atoms with Crippen LogP contribution in [0.2, 0.25) is 0 Å². The highest BCUT2D eigenvalue weighted by molar-refractivity contribution is 7.66. The number of fused-ring (bicyclic) bond motifs is 1. The maximum atomic E-state index is 11.8. The van der Waals surface area contributed by atoms with Gasteiger partial charge >= 0.3 is 23.5 Å². The zero-order valence-electron chi connectivity index (χ0n) is 15.5. The highest BCUT2D eigenvalue weighted by Gasteiger charge is 2.41. The fourth-order valence-corrected chi connectivity index (χ4v) is 5.84. The zero-order valence-corrected chi connectivity index (χ0v) is 18.2. The second kappa shape index (κ2) is 9.11. The molecule has 3 rings (SSSR count). The highest BCUT2D eigenvalue weighted by Crippen LogP contribution is 2.66. The van der Waals surface area contributed by atoms with Crippen LogP contribution in [0.15, 0.2) is 17.9 Å². The van der Waals surface area contributed by atoms with Crippen LogP contribution in [-0.4, -0.2) is 51.5 Å². The van der Waals surface area contributed by atoms with Gasteiger partial charge in [0.25, 0.3) is 0 Å². The Morgan fingerprint density at radius 2 is 1.91 bits per heavy atom. The van der Waals surface area contributed by atoms with Crippen molar-refractivity contribution in [3.05, 3.63) is 28.6 Å². The molecule has 0 bridgehead atoms. The Morgan fingerprint density at radius 3 is 2.56 bits per heavy atom. The Balaban J connectivity index is 1.68. The molecule has 1 fully saturated rings. The predicted molar refractivity (Wildman–Crippen MR) is 98.9 cm³/mol. The number of hydrogen-bond acceptors (Lipinski definition) is 11. The molecule has 3 heterocycles. The summed E-state index contributed by atoms with van der Waals surface area (Å²) in [7, 11) is -16.4. The van der Waals surface area contributed by atoms with Crippen molar-refractivity contribution in [1.29, 1.82) is 5.41 Å². The lowest BCUT2D eigenvalue weighted by atomic mass is 10.2. The number of rotatable bonds is 9. The van der Waals surface area contributed by atoms with E-state index in [1.807, 2.05) is 0 Å². The van der Waals surface area contributed by atoms with Gasteiger partial charge in [-0.15, -0.1) is 5.53 Å². The molecule has 19 nitrogen and oxygen atoms in total. The van der Waals surface area contributed by atoms with Crippen molar-refractivity contribution in [3.8, 4) is 0 Å². The van der Waals surface area contributed by atoms with E-state index in [4.69, 9.17) is 30.4 Å². The molecule has 2 unspecified atom stereocenters. The molecule has 0 saturated carbocycles. The van der Waals surface area contributed by atoms with Crippen molar-refractivity contribution >= 4 is 34.6 Å². The van der Waals surface area contributed by atoms with Gasteiger partial charge in [-0.3, -0.25) is 14.5 Å². The predicted octanol–water partition coefficient (Wildman–Crippen LogP) is 0.807. The summed E-state index contributed by atoms with van der Waals surface area (Å²) in [4.78, 5) is 46.1. The molecule has 176 valence electrons. The Kier molecular flexibility index (Phi) is 7.02. The van der Waals surface area contributed by atoms with Crippen LogP contribution in [-0.2, 0) is 31.6 Å². The molecule has 1 aliphatic heterocycles. The van der Waals surface area contributed by atoms with Crippen molar-refractivity contribution < 1.29 is 51.2 Å². The van der Waals surface area contributed by atoms with E-state index >= 15 is 0 Å². The van der Waals surface area contributed by atoms with Crippen LogP contribution < -0.4 is 5.49 Å². The second-order valence-corrected chi connectivity index (χ2v) is 10.5. The van der Waals surface area contributed by atoms with Crippen LogP contribution in [0.1, 0.15) is 19.1 Å². The van der Waals surface area contributed by atoms with Gasteiger partial charge in [0.1, 0.15) is 12.6 Å². The summed E-state index contributed by atoms with van der Waals surface area (Å²) >= 11 is 0. The summed E-state index contributed by atoms with van der Waals surface area (Å²) < 4.78 is 53.8. The lowest BCUT2D eigenvalue weighted by molar-refractivity contribution is -0.0207. The monoisotopic (exact) mass is 516 g/mol. The van der Waals surface area contributed by atoms with E-state index in [1.54, 1.807) is 0 Å². The summed E-state index contributed by atoms with van der Waals surface area (Å²) in [6, 6.07) is 0. The Bertz CT molecular complexity index is 1260. The lowest BCUT2D eigenvalue weighted by Crippen LogP contribution is -2.18. The molecule has 32 heavy (non-hydrogen) atoms. The van der Waals surface area contributed by atoms with Gasteiger partial charge in [-0.25, -0.2) is 18.7 Å². The van der Waals surface area contributed by atoms with Crippen molar-refractivity contribution in [2.45, 2.75) is 25.2 Å². The summed E-state index contributed by atoms with van der Waals surface area (Å²) in [5.74, 6) is 0. The molecule has 2 aromatic heterocycles. The third-order valence-electron chi connectivity index (χ3n) is 3.88. The minimum absolute atomic E-state index is 0.125. The van der Waals surface area contributed by atoms with E-state index in [0.29, 0.717) is 6.42 Å². The van der Waals surface area contributed by atoms with E-state index in [1.165, 1.54) is 10.9 Å². The average molecular weight is 516 g/mol. The first-order valence-electron chi connectivity index (χ1n) is 8.28. The molecule has 0 aromatic carbocycles. The number of aromatic nitrogens is 4. The van der Waals surface area contributed by atoms with Crippen molar-refractivity contribution in [2.24, 2.45) is 5.22 Å². The van der Waals surface area contributed by atoms with E-state index in [-0.39, 0.29) is 23.1 Å². The van der Waals surface area contributed by atoms with E-state index < -0.39 is 42.4 Å².